The standard InChI is InChI=1S/C13H17ClN2O3/c1-8(2)15-7-12(17)16-11-6-9(14)4-5-10(11)13(18)19-3/h4-6,8,15H,7H2,1-3H3,(H,16,17). The number of anilines is 1. The smallest absolute Gasteiger partial charge is 0.339 e. The zero-order chi connectivity index (χ0) is 14.4. The van der Waals surface area contributed by atoms with E-state index in [1.165, 1.54) is 19.2 Å². The summed E-state index contributed by atoms with van der Waals surface area (Å²) < 4.78 is 4.65. The fraction of sp³-hybridized carbons (Fsp3) is 0.385. The van der Waals surface area contributed by atoms with E-state index >= 15 is 0 Å². The van der Waals surface area contributed by atoms with Gasteiger partial charge in [0.05, 0.1) is 24.9 Å². The molecular formula is C13H17ClN2O3. The molecule has 0 saturated carbocycles. The Morgan fingerprint density at radius 3 is 2.63 bits per heavy atom. The number of esters is 1. The lowest BCUT2D eigenvalue weighted by molar-refractivity contribution is -0.115. The summed E-state index contributed by atoms with van der Waals surface area (Å²) in [5, 5.41) is 6.05. The van der Waals surface area contributed by atoms with E-state index < -0.39 is 5.97 Å². The molecule has 0 radical (unpaired) electrons. The van der Waals surface area contributed by atoms with E-state index in [1.807, 2.05) is 13.8 Å². The number of carbonyl (C=O) groups excluding carboxylic acids is 2. The molecule has 1 aromatic rings. The first-order valence-corrected chi connectivity index (χ1v) is 6.23. The normalized spacial score (nSPS) is 10.4. The molecule has 1 amide bonds. The first-order chi connectivity index (χ1) is 8.93. The molecule has 0 saturated heterocycles. The zero-order valence-corrected chi connectivity index (χ0v) is 11.9. The van der Waals surface area contributed by atoms with E-state index in [4.69, 9.17) is 11.6 Å². The number of nitrogens with one attached hydrogen (secondary N) is 2. The first kappa shape index (κ1) is 15.5. The van der Waals surface area contributed by atoms with Gasteiger partial charge in [-0.25, -0.2) is 4.79 Å². The maximum absolute atomic E-state index is 11.7. The summed E-state index contributed by atoms with van der Waals surface area (Å²) in [7, 11) is 1.28. The van der Waals surface area contributed by atoms with Crippen LogP contribution < -0.4 is 10.6 Å². The van der Waals surface area contributed by atoms with Gasteiger partial charge in [-0.1, -0.05) is 25.4 Å². The van der Waals surface area contributed by atoms with Gasteiger partial charge >= 0.3 is 5.97 Å². The molecule has 0 aliphatic rings. The number of amides is 1. The molecule has 0 aromatic heterocycles. The van der Waals surface area contributed by atoms with Crippen LogP contribution in [-0.2, 0) is 9.53 Å². The van der Waals surface area contributed by atoms with Crippen LogP contribution in [0.1, 0.15) is 24.2 Å². The molecule has 0 aliphatic carbocycles. The highest BCUT2D eigenvalue weighted by molar-refractivity contribution is 6.31. The zero-order valence-electron chi connectivity index (χ0n) is 11.1. The first-order valence-electron chi connectivity index (χ1n) is 5.85. The SMILES string of the molecule is COC(=O)c1ccc(Cl)cc1NC(=O)CNC(C)C. The molecular weight excluding hydrogens is 268 g/mol. The fourth-order valence-corrected chi connectivity index (χ4v) is 1.57. The summed E-state index contributed by atoms with van der Waals surface area (Å²) in [6.45, 7) is 4.03. The lowest BCUT2D eigenvalue weighted by Crippen LogP contribution is -2.33. The maximum Gasteiger partial charge on any atom is 0.339 e. The number of hydrogen-bond acceptors (Lipinski definition) is 4. The average Bonchev–Trinajstić information content (AvgIpc) is 2.35. The second-order valence-electron chi connectivity index (χ2n) is 4.27. The fourth-order valence-electron chi connectivity index (χ4n) is 1.40. The number of rotatable bonds is 5. The van der Waals surface area contributed by atoms with E-state index in [9.17, 15) is 9.59 Å². The van der Waals surface area contributed by atoms with Gasteiger partial charge < -0.3 is 15.4 Å². The number of ether oxygens (including phenoxy) is 1. The summed E-state index contributed by atoms with van der Waals surface area (Å²) in [5.41, 5.74) is 0.611. The van der Waals surface area contributed by atoms with Crippen molar-refractivity contribution < 1.29 is 14.3 Å². The van der Waals surface area contributed by atoms with Crippen LogP contribution in [-0.4, -0.2) is 31.6 Å². The average molecular weight is 285 g/mol. The second-order valence-corrected chi connectivity index (χ2v) is 4.70. The third-order valence-electron chi connectivity index (χ3n) is 2.33. The van der Waals surface area contributed by atoms with Crippen LogP contribution in [0.25, 0.3) is 0 Å². The Bertz CT molecular complexity index is 475. The van der Waals surface area contributed by atoms with Crippen LogP contribution in [0, 0.1) is 0 Å². The quantitative estimate of drug-likeness (QED) is 0.812. The molecule has 104 valence electrons. The molecule has 5 nitrogen and oxygen atoms in total. The van der Waals surface area contributed by atoms with E-state index in [0.717, 1.165) is 0 Å². The van der Waals surface area contributed by atoms with Crippen molar-refractivity contribution in [3.63, 3.8) is 0 Å². The van der Waals surface area contributed by atoms with Gasteiger partial charge in [0.1, 0.15) is 0 Å². The molecule has 0 heterocycles. The minimum Gasteiger partial charge on any atom is -0.465 e. The Morgan fingerprint density at radius 2 is 2.05 bits per heavy atom. The molecule has 0 spiro atoms. The number of carbonyl (C=O) groups is 2. The highest BCUT2D eigenvalue weighted by atomic mass is 35.5. The van der Waals surface area contributed by atoms with Crippen molar-refractivity contribution in [1.82, 2.24) is 5.32 Å². The van der Waals surface area contributed by atoms with Crippen LogP contribution in [0.4, 0.5) is 5.69 Å². The van der Waals surface area contributed by atoms with Crippen molar-refractivity contribution in [3.8, 4) is 0 Å². The molecule has 1 rings (SSSR count). The van der Waals surface area contributed by atoms with Crippen LogP contribution >= 0.6 is 11.6 Å². The summed E-state index contributed by atoms with van der Waals surface area (Å²) in [4.78, 5) is 23.3. The van der Waals surface area contributed by atoms with Gasteiger partial charge in [0.25, 0.3) is 0 Å². The highest BCUT2D eigenvalue weighted by Crippen LogP contribution is 2.21. The van der Waals surface area contributed by atoms with E-state index in [-0.39, 0.29) is 24.1 Å². The van der Waals surface area contributed by atoms with E-state index in [2.05, 4.69) is 15.4 Å². The molecule has 0 bridgehead atoms. The van der Waals surface area contributed by atoms with Gasteiger partial charge in [0.15, 0.2) is 0 Å². The Balaban J connectivity index is 2.84. The van der Waals surface area contributed by atoms with Crippen molar-refractivity contribution in [2.75, 3.05) is 19.0 Å². The number of benzene rings is 1. The van der Waals surface area contributed by atoms with Gasteiger partial charge in [-0.3, -0.25) is 4.79 Å². The molecule has 0 atom stereocenters. The minimum atomic E-state index is -0.524. The van der Waals surface area contributed by atoms with Crippen LogP contribution in [0.5, 0.6) is 0 Å². The van der Waals surface area contributed by atoms with Gasteiger partial charge in [-0.2, -0.15) is 0 Å². The predicted molar refractivity (Wildman–Crippen MR) is 74.6 cm³/mol. The van der Waals surface area contributed by atoms with Crippen molar-refractivity contribution in [2.24, 2.45) is 0 Å². The largest absolute Gasteiger partial charge is 0.465 e. The van der Waals surface area contributed by atoms with E-state index in [0.29, 0.717) is 10.7 Å². The van der Waals surface area contributed by atoms with Gasteiger partial charge in [-0.15, -0.1) is 0 Å². The maximum atomic E-state index is 11.7. The lowest BCUT2D eigenvalue weighted by atomic mass is 10.1. The monoisotopic (exact) mass is 284 g/mol. The Hall–Kier alpha value is -1.59. The summed E-state index contributed by atoms with van der Waals surface area (Å²) in [5.74, 6) is -0.773. The van der Waals surface area contributed by atoms with Crippen molar-refractivity contribution in [2.45, 2.75) is 19.9 Å². The number of hydrogen-bond donors (Lipinski definition) is 2. The number of halogens is 1. The molecule has 0 unspecified atom stereocenters. The van der Waals surface area contributed by atoms with Crippen molar-refractivity contribution in [1.29, 1.82) is 0 Å². The van der Waals surface area contributed by atoms with Gasteiger partial charge in [0, 0.05) is 11.1 Å². The van der Waals surface area contributed by atoms with Crippen LogP contribution in [0.2, 0.25) is 5.02 Å². The second kappa shape index (κ2) is 7.11. The number of methoxy groups -OCH3 is 1. The van der Waals surface area contributed by atoms with Gasteiger partial charge in [0.2, 0.25) is 5.91 Å². The molecule has 1 aromatic carbocycles. The van der Waals surface area contributed by atoms with Crippen molar-refractivity contribution in [3.05, 3.63) is 28.8 Å². The Kier molecular flexibility index (Phi) is 5.79. The summed E-state index contributed by atoms with van der Waals surface area (Å²) in [6.07, 6.45) is 0. The van der Waals surface area contributed by atoms with Crippen molar-refractivity contribution >= 4 is 29.2 Å². The van der Waals surface area contributed by atoms with Crippen LogP contribution in [0.3, 0.4) is 0 Å². The predicted octanol–water partition coefficient (Wildman–Crippen LogP) is 2.06. The van der Waals surface area contributed by atoms with Crippen LogP contribution in [0.15, 0.2) is 18.2 Å². The highest BCUT2D eigenvalue weighted by Gasteiger charge is 2.14. The topological polar surface area (TPSA) is 67.4 Å². The molecule has 0 fully saturated rings. The summed E-state index contributed by atoms with van der Waals surface area (Å²) in [6, 6.07) is 4.79. The third kappa shape index (κ3) is 4.89. The molecule has 19 heavy (non-hydrogen) atoms. The molecule has 6 heteroatoms. The minimum absolute atomic E-state index is 0.158. The van der Waals surface area contributed by atoms with Gasteiger partial charge in [-0.05, 0) is 18.2 Å². The molecule has 0 aliphatic heterocycles. The summed E-state index contributed by atoms with van der Waals surface area (Å²) >= 11 is 5.86. The molecule has 2 N–H and O–H groups in total. The Morgan fingerprint density at radius 1 is 1.37 bits per heavy atom. The lowest BCUT2D eigenvalue weighted by Gasteiger charge is -2.12. The van der Waals surface area contributed by atoms with E-state index in [1.54, 1.807) is 6.07 Å². The third-order valence-corrected chi connectivity index (χ3v) is 2.57. The Labute approximate surface area is 117 Å².